The molecule has 1 heterocycles. The van der Waals surface area contributed by atoms with Crippen LogP contribution >= 0.6 is 0 Å². The van der Waals surface area contributed by atoms with Crippen LogP contribution in [0.25, 0.3) is 0 Å². The van der Waals surface area contributed by atoms with E-state index in [-0.39, 0.29) is 29.7 Å². The predicted octanol–water partition coefficient (Wildman–Crippen LogP) is 1.42. The number of carbonyl (C=O) groups excluding carboxylic acids is 2. The van der Waals surface area contributed by atoms with Crippen LogP contribution in [0.4, 0.5) is 11.4 Å². The van der Waals surface area contributed by atoms with E-state index in [1.807, 2.05) is 18.7 Å². The van der Waals surface area contributed by atoms with Crippen LogP contribution < -0.4 is 10.2 Å². The smallest absolute Gasteiger partial charge is 0.293 e. The van der Waals surface area contributed by atoms with E-state index in [1.54, 1.807) is 19.1 Å². The van der Waals surface area contributed by atoms with E-state index in [0.29, 0.717) is 38.5 Å². The molecule has 1 aliphatic heterocycles. The van der Waals surface area contributed by atoms with Crippen LogP contribution in [-0.4, -0.2) is 67.1 Å². The molecule has 0 aliphatic carbocycles. The Kier molecular flexibility index (Phi) is 7.12. The molecule has 0 unspecified atom stereocenters. The lowest BCUT2D eigenvalue weighted by Crippen LogP contribution is -2.42. The summed E-state index contributed by atoms with van der Waals surface area (Å²) in [6, 6.07) is 4.43. The van der Waals surface area contributed by atoms with Crippen LogP contribution in [0.2, 0.25) is 0 Å². The molecule has 0 atom stereocenters. The Morgan fingerprint density at radius 2 is 2.00 bits per heavy atom. The molecule has 9 heteroatoms. The first-order valence-corrected chi connectivity index (χ1v) is 9.03. The zero-order valence-corrected chi connectivity index (χ0v) is 15.9. The molecule has 9 nitrogen and oxygen atoms in total. The lowest BCUT2D eigenvalue weighted by atomic mass is 10.1. The number of likely N-dealkylation sites (N-methyl/N-ethyl adjacent to an activating group) is 1. The number of hydrogen-bond acceptors (Lipinski definition) is 6. The quantitative estimate of drug-likeness (QED) is 0.568. The summed E-state index contributed by atoms with van der Waals surface area (Å²) in [4.78, 5) is 39.0. The molecule has 0 spiro atoms. The molecule has 2 rings (SSSR count). The van der Waals surface area contributed by atoms with Crippen molar-refractivity contribution in [3.63, 3.8) is 0 Å². The second-order valence-electron chi connectivity index (χ2n) is 6.60. The Morgan fingerprint density at radius 1 is 1.33 bits per heavy atom. The van der Waals surface area contributed by atoms with Crippen LogP contribution in [0.5, 0.6) is 0 Å². The second-order valence-corrected chi connectivity index (χ2v) is 6.60. The van der Waals surface area contributed by atoms with Gasteiger partial charge >= 0.3 is 0 Å². The topological polar surface area (TPSA) is 105 Å². The molecule has 27 heavy (non-hydrogen) atoms. The molecule has 0 bridgehead atoms. The average Bonchev–Trinajstić information content (AvgIpc) is 2.65. The van der Waals surface area contributed by atoms with E-state index >= 15 is 0 Å². The molecule has 0 aromatic heterocycles. The SMILES string of the molecule is CCN(CC(=O)NC(C)C)C(=O)c1ccc(N2CCOCC2)c([N+](=O)[O-])c1. The third-order valence-electron chi connectivity index (χ3n) is 4.22. The van der Waals surface area contributed by atoms with E-state index < -0.39 is 10.8 Å². The zero-order valence-electron chi connectivity index (χ0n) is 15.9. The highest BCUT2D eigenvalue weighted by Gasteiger charge is 2.25. The average molecular weight is 378 g/mol. The lowest BCUT2D eigenvalue weighted by Gasteiger charge is -2.28. The van der Waals surface area contributed by atoms with Crippen LogP contribution in [0.1, 0.15) is 31.1 Å². The van der Waals surface area contributed by atoms with Gasteiger partial charge in [0.25, 0.3) is 11.6 Å². The van der Waals surface area contributed by atoms with Crippen molar-refractivity contribution in [1.82, 2.24) is 10.2 Å². The number of nitrogens with one attached hydrogen (secondary N) is 1. The van der Waals surface area contributed by atoms with E-state index in [0.717, 1.165) is 0 Å². The molecule has 2 amide bonds. The Hall–Kier alpha value is -2.68. The molecule has 0 radical (unpaired) electrons. The molecule has 1 N–H and O–H groups in total. The lowest BCUT2D eigenvalue weighted by molar-refractivity contribution is -0.384. The van der Waals surface area contributed by atoms with Crippen molar-refractivity contribution in [2.45, 2.75) is 26.8 Å². The number of nitrogens with zero attached hydrogens (tertiary/aromatic N) is 3. The van der Waals surface area contributed by atoms with Crippen molar-refractivity contribution in [2.24, 2.45) is 0 Å². The highest BCUT2D eigenvalue weighted by Crippen LogP contribution is 2.30. The number of anilines is 1. The number of morpholine rings is 1. The molecule has 1 aromatic carbocycles. The number of nitro benzene ring substituents is 1. The summed E-state index contributed by atoms with van der Waals surface area (Å²) in [5, 5.41) is 14.3. The maximum absolute atomic E-state index is 12.7. The summed E-state index contributed by atoms with van der Waals surface area (Å²) >= 11 is 0. The summed E-state index contributed by atoms with van der Waals surface area (Å²) < 4.78 is 5.28. The van der Waals surface area contributed by atoms with Crippen molar-refractivity contribution in [3.05, 3.63) is 33.9 Å². The fourth-order valence-corrected chi connectivity index (χ4v) is 2.93. The molecule has 1 aromatic rings. The van der Waals surface area contributed by atoms with Crippen LogP contribution in [-0.2, 0) is 9.53 Å². The highest BCUT2D eigenvalue weighted by atomic mass is 16.6. The first-order chi connectivity index (χ1) is 12.8. The van der Waals surface area contributed by atoms with Gasteiger partial charge in [0, 0.05) is 37.3 Å². The number of ether oxygens (including phenoxy) is 1. The zero-order chi connectivity index (χ0) is 20.0. The highest BCUT2D eigenvalue weighted by molar-refractivity contribution is 5.97. The molecule has 1 fully saturated rings. The first kappa shape index (κ1) is 20.6. The van der Waals surface area contributed by atoms with Gasteiger partial charge in [-0.15, -0.1) is 0 Å². The van der Waals surface area contributed by atoms with Crippen molar-refractivity contribution in [3.8, 4) is 0 Å². The Balaban J connectivity index is 2.23. The number of nitro groups is 1. The van der Waals surface area contributed by atoms with E-state index in [9.17, 15) is 19.7 Å². The maximum Gasteiger partial charge on any atom is 0.293 e. The number of carbonyl (C=O) groups is 2. The van der Waals surface area contributed by atoms with Crippen molar-refractivity contribution >= 4 is 23.2 Å². The normalized spacial score (nSPS) is 14.1. The van der Waals surface area contributed by atoms with Gasteiger partial charge < -0.3 is 19.9 Å². The molecular weight excluding hydrogens is 352 g/mol. The standard InChI is InChI=1S/C18H26N4O5/c1-4-20(12-17(23)19-13(2)3)18(24)14-5-6-15(16(11-14)22(25)26)21-7-9-27-10-8-21/h5-6,11,13H,4,7-10,12H2,1-3H3,(H,19,23). The summed E-state index contributed by atoms with van der Waals surface area (Å²) in [6.07, 6.45) is 0. The van der Waals surface area contributed by atoms with Gasteiger partial charge in [-0.3, -0.25) is 19.7 Å². The number of amides is 2. The predicted molar refractivity (Wildman–Crippen MR) is 101 cm³/mol. The summed E-state index contributed by atoms with van der Waals surface area (Å²) in [5.41, 5.74) is 0.545. The maximum atomic E-state index is 12.7. The van der Waals surface area contributed by atoms with E-state index in [1.165, 1.54) is 11.0 Å². The van der Waals surface area contributed by atoms with Gasteiger partial charge in [0.2, 0.25) is 5.91 Å². The van der Waals surface area contributed by atoms with Crippen LogP contribution in [0.3, 0.4) is 0 Å². The minimum absolute atomic E-state index is 0.0276. The first-order valence-electron chi connectivity index (χ1n) is 9.03. The minimum atomic E-state index is -0.483. The van der Waals surface area contributed by atoms with Crippen molar-refractivity contribution in [1.29, 1.82) is 0 Å². The van der Waals surface area contributed by atoms with Crippen molar-refractivity contribution < 1.29 is 19.2 Å². The van der Waals surface area contributed by atoms with Gasteiger partial charge in [-0.2, -0.15) is 0 Å². The molecule has 1 saturated heterocycles. The minimum Gasteiger partial charge on any atom is -0.378 e. The molecule has 1 aliphatic rings. The summed E-state index contributed by atoms with van der Waals surface area (Å²) in [7, 11) is 0. The Labute approximate surface area is 158 Å². The van der Waals surface area contributed by atoms with Gasteiger partial charge in [0.15, 0.2) is 0 Å². The monoisotopic (exact) mass is 378 g/mol. The summed E-state index contributed by atoms with van der Waals surface area (Å²) in [6.45, 7) is 7.80. The summed E-state index contributed by atoms with van der Waals surface area (Å²) in [5.74, 6) is -0.673. The Morgan fingerprint density at radius 3 is 2.56 bits per heavy atom. The molecular formula is C18H26N4O5. The third kappa shape index (κ3) is 5.40. The third-order valence-corrected chi connectivity index (χ3v) is 4.22. The van der Waals surface area contributed by atoms with E-state index in [2.05, 4.69) is 5.32 Å². The molecule has 0 saturated carbocycles. The van der Waals surface area contributed by atoms with Crippen molar-refractivity contribution in [2.75, 3.05) is 44.3 Å². The van der Waals surface area contributed by atoms with Crippen LogP contribution in [0, 0.1) is 10.1 Å². The van der Waals surface area contributed by atoms with Gasteiger partial charge in [-0.1, -0.05) is 0 Å². The second kappa shape index (κ2) is 9.31. The van der Waals surface area contributed by atoms with Crippen LogP contribution in [0.15, 0.2) is 18.2 Å². The number of benzene rings is 1. The largest absolute Gasteiger partial charge is 0.378 e. The van der Waals surface area contributed by atoms with E-state index in [4.69, 9.17) is 4.74 Å². The van der Waals surface area contributed by atoms with Gasteiger partial charge in [-0.05, 0) is 32.9 Å². The Bertz CT molecular complexity index is 701. The van der Waals surface area contributed by atoms with Gasteiger partial charge in [0.05, 0.1) is 24.7 Å². The molecule has 148 valence electrons. The fourth-order valence-electron chi connectivity index (χ4n) is 2.93. The number of rotatable bonds is 7. The number of hydrogen-bond donors (Lipinski definition) is 1. The van der Waals surface area contributed by atoms with Gasteiger partial charge in [0.1, 0.15) is 5.69 Å². The van der Waals surface area contributed by atoms with Gasteiger partial charge in [-0.25, -0.2) is 0 Å². The fraction of sp³-hybridized carbons (Fsp3) is 0.556.